The van der Waals surface area contributed by atoms with Crippen molar-refractivity contribution in [3.63, 3.8) is 0 Å². The highest BCUT2D eigenvalue weighted by molar-refractivity contribution is 5.85. The highest BCUT2D eigenvalue weighted by Crippen LogP contribution is 2.38. The SMILES string of the molecule is CCC1(Nc2ccc3ccccc3c2)CCC1. The summed E-state index contributed by atoms with van der Waals surface area (Å²) < 4.78 is 0. The third kappa shape index (κ3) is 1.90. The molecule has 0 amide bonds. The number of benzene rings is 2. The van der Waals surface area contributed by atoms with Crippen LogP contribution in [0.3, 0.4) is 0 Å². The molecule has 0 aromatic heterocycles. The van der Waals surface area contributed by atoms with Crippen molar-refractivity contribution in [1.29, 1.82) is 0 Å². The van der Waals surface area contributed by atoms with Gasteiger partial charge in [0.1, 0.15) is 0 Å². The minimum atomic E-state index is 0.377. The lowest BCUT2D eigenvalue weighted by Crippen LogP contribution is -2.44. The van der Waals surface area contributed by atoms with Crippen LogP contribution in [0.1, 0.15) is 32.6 Å². The molecule has 0 radical (unpaired) electrons. The standard InChI is InChI=1S/C16H19N/c1-2-16(10-5-11-16)17-15-9-8-13-6-3-4-7-14(13)12-15/h3-4,6-9,12,17H,2,5,10-11H2,1H3. The van der Waals surface area contributed by atoms with Gasteiger partial charge in [0, 0.05) is 11.2 Å². The summed E-state index contributed by atoms with van der Waals surface area (Å²) in [6, 6.07) is 15.2. The van der Waals surface area contributed by atoms with E-state index in [-0.39, 0.29) is 0 Å². The van der Waals surface area contributed by atoms with Gasteiger partial charge in [0.2, 0.25) is 0 Å². The van der Waals surface area contributed by atoms with Crippen molar-refractivity contribution >= 4 is 16.5 Å². The predicted octanol–water partition coefficient (Wildman–Crippen LogP) is 4.58. The van der Waals surface area contributed by atoms with Gasteiger partial charge in [0.05, 0.1) is 0 Å². The van der Waals surface area contributed by atoms with Gasteiger partial charge in [0.25, 0.3) is 0 Å². The minimum Gasteiger partial charge on any atom is -0.380 e. The van der Waals surface area contributed by atoms with E-state index in [1.165, 1.54) is 42.1 Å². The van der Waals surface area contributed by atoms with E-state index in [1.54, 1.807) is 0 Å². The van der Waals surface area contributed by atoms with E-state index >= 15 is 0 Å². The lowest BCUT2D eigenvalue weighted by Gasteiger charge is -2.43. The van der Waals surface area contributed by atoms with Gasteiger partial charge in [-0.15, -0.1) is 0 Å². The summed E-state index contributed by atoms with van der Waals surface area (Å²) in [6.07, 6.45) is 5.22. The molecule has 2 aromatic rings. The molecule has 0 heterocycles. The molecule has 1 N–H and O–H groups in total. The van der Waals surface area contributed by atoms with Crippen LogP contribution in [0.15, 0.2) is 42.5 Å². The second-order valence-corrected chi connectivity index (χ2v) is 5.17. The molecule has 1 aliphatic rings. The topological polar surface area (TPSA) is 12.0 Å². The van der Waals surface area contributed by atoms with Crippen molar-refractivity contribution in [2.24, 2.45) is 0 Å². The van der Waals surface area contributed by atoms with Gasteiger partial charge in [-0.3, -0.25) is 0 Å². The molecule has 1 nitrogen and oxygen atoms in total. The van der Waals surface area contributed by atoms with Gasteiger partial charge in [-0.05, 0) is 48.6 Å². The Bertz CT molecular complexity index is 520. The second-order valence-electron chi connectivity index (χ2n) is 5.17. The lowest BCUT2D eigenvalue weighted by atomic mass is 9.74. The molecule has 0 unspecified atom stereocenters. The molecule has 3 rings (SSSR count). The van der Waals surface area contributed by atoms with E-state index in [0.29, 0.717) is 5.54 Å². The molecule has 17 heavy (non-hydrogen) atoms. The van der Waals surface area contributed by atoms with Crippen molar-refractivity contribution in [2.45, 2.75) is 38.1 Å². The van der Waals surface area contributed by atoms with Gasteiger partial charge >= 0.3 is 0 Å². The molecule has 0 spiro atoms. The fourth-order valence-electron chi connectivity index (χ4n) is 2.74. The fraction of sp³-hybridized carbons (Fsp3) is 0.375. The molecule has 1 heteroatoms. The Morgan fingerprint density at radius 3 is 2.47 bits per heavy atom. The first-order chi connectivity index (χ1) is 8.31. The Morgan fingerprint density at radius 2 is 1.82 bits per heavy atom. The van der Waals surface area contributed by atoms with Crippen LogP contribution in [-0.4, -0.2) is 5.54 Å². The van der Waals surface area contributed by atoms with Crippen LogP contribution in [0, 0.1) is 0 Å². The predicted molar refractivity (Wildman–Crippen MR) is 74.4 cm³/mol. The average molecular weight is 225 g/mol. The first-order valence-electron chi connectivity index (χ1n) is 6.58. The summed E-state index contributed by atoms with van der Waals surface area (Å²) in [5.74, 6) is 0. The summed E-state index contributed by atoms with van der Waals surface area (Å²) in [5, 5.41) is 6.37. The molecule has 0 aliphatic heterocycles. The Labute approximate surface area is 103 Å². The van der Waals surface area contributed by atoms with E-state index in [9.17, 15) is 0 Å². The monoisotopic (exact) mass is 225 g/mol. The van der Waals surface area contributed by atoms with Crippen LogP contribution in [0.5, 0.6) is 0 Å². The maximum absolute atomic E-state index is 3.73. The van der Waals surface area contributed by atoms with Crippen molar-refractivity contribution in [2.75, 3.05) is 5.32 Å². The molecule has 1 saturated carbocycles. The summed E-state index contributed by atoms with van der Waals surface area (Å²) in [4.78, 5) is 0. The van der Waals surface area contributed by atoms with Crippen LogP contribution in [-0.2, 0) is 0 Å². The van der Waals surface area contributed by atoms with Gasteiger partial charge in [0.15, 0.2) is 0 Å². The first kappa shape index (κ1) is 10.6. The van der Waals surface area contributed by atoms with Gasteiger partial charge in [-0.25, -0.2) is 0 Å². The Hall–Kier alpha value is -1.50. The zero-order chi connectivity index (χ0) is 11.7. The summed E-state index contributed by atoms with van der Waals surface area (Å²) in [6.45, 7) is 2.28. The molecular formula is C16H19N. The second kappa shape index (κ2) is 4.06. The van der Waals surface area contributed by atoms with Crippen molar-refractivity contribution in [3.8, 4) is 0 Å². The maximum atomic E-state index is 3.73. The van der Waals surface area contributed by atoms with Crippen LogP contribution in [0.2, 0.25) is 0 Å². The summed E-state index contributed by atoms with van der Waals surface area (Å²) in [5.41, 5.74) is 1.65. The molecule has 1 aliphatic carbocycles. The largest absolute Gasteiger partial charge is 0.380 e. The Balaban J connectivity index is 1.90. The molecule has 1 fully saturated rings. The molecule has 0 bridgehead atoms. The number of rotatable bonds is 3. The van der Waals surface area contributed by atoms with Gasteiger partial charge < -0.3 is 5.32 Å². The highest BCUT2D eigenvalue weighted by atomic mass is 15.0. The van der Waals surface area contributed by atoms with Gasteiger partial charge in [-0.1, -0.05) is 37.3 Å². The quantitative estimate of drug-likeness (QED) is 0.806. The highest BCUT2D eigenvalue weighted by Gasteiger charge is 2.34. The Kier molecular flexibility index (Phi) is 2.54. The summed E-state index contributed by atoms with van der Waals surface area (Å²) in [7, 11) is 0. The molecule has 0 atom stereocenters. The minimum absolute atomic E-state index is 0.377. The number of nitrogens with one attached hydrogen (secondary N) is 1. The van der Waals surface area contributed by atoms with E-state index < -0.39 is 0 Å². The van der Waals surface area contributed by atoms with Crippen molar-refractivity contribution in [3.05, 3.63) is 42.5 Å². The number of fused-ring (bicyclic) bond motifs is 1. The van der Waals surface area contributed by atoms with E-state index in [4.69, 9.17) is 0 Å². The van der Waals surface area contributed by atoms with E-state index in [2.05, 4.69) is 54.7 Å². The normalized spacial score (nSPS) is 17.7. The molecular weight excluding hydrogens is 206 g/mol. The first-order valence-corrected chi connectivity index (χ1v) is 6.58. The molecule has 0 saturated heterocycles. The van der Waals surface area contributed by atoms with Crippen LogP contribution in [0.4, 0.5) is 5.69 Å². The smallest absolute Gasteiger partial charge is 0.0371 e. The van der Waals surface area contributed by atoms with Crippen LogP contribution < -0.4 is 5.32 Å². The third-order valence-electron chi connectivity index (χ3n) is 4.15. The zero-order valence-corrected chi connectivity index (χ0v) is 10.4. The van der Waals surface area contributed by atoms with Crippen molar-refractivity contribution in [1.82, 2.24) is 0 Å². The van der Waals surface area contributed by atoms with Gasteiger partial charge in [-0.2, -0.15) is 0 Å². The number of hydrogen-bond acceptors (Lipinski definition) is 1. The molecule has 88 valence electrons. The van der Waals surface area contributed by atoms with E-state index in [1.807, 2.05) is 0 Å². The molecule has 2 aromatic carbocycles. The van der Waals surface area contributed by atoms with E-state index in [0.717, 1.165) is 0 Å². The summed E-state index contributed by atoms with van der Waals surface area (Å²) >= 11 is 0. The van der Waals surface area contributed by atoms with Crippen molar-refractivity contribution < 1.29 is 0 Å². The zero-order valence-electron chi connectivity index (χ0n) is 10.4. The third-order valence-corrected chi connectivity index (χ3v) is 4.15. The average Bonchev–Trinajstić information content (AvgIpc) is 2.34. The lowest BCUT2D eigenvalue weighted by molar-refractivity contribution is 0.269. The van der Waals surface area contributed by atoms with Crippen LogP contribution >= 0.6 is 0 Å². The fourth-order valence-corrected chi connectivity index (χ4v) is 2.74. The maximum Gasteiger partial charge on any atom is 0.0371 e. The number of hydrogen-bond donors (Lipinski definition) is 1. The number of anilines is 1. The van der Waals surface area contributed by atoms with Crippen LogP contribution in [0.25, 0.3) is 10.8 Å². The Morgan fingerprint density at radius 1 is 1.06 bits per heavy atom.